The summed E-state index contributed by atoms with van der Waals surface area (Å²) in [4.78, 5) is 26.3. The van der Waals surface area contributed by atoms with E-state index in [0.717, 1.165) is 19.3 Å². The van der Waals surface area contributed by atoms with E-state index in [0.29, 0.717) is 0 Å². The standard InChI is InChI=1S/C16H24N2O3/c1-15(2)7-10(8-16(3,4)9-15)18-14(21)12-13(20)11(19)5-6-17-12/h5-6,10,20H,7-9H2,1-4H3,(H,17,19)(H,18,21). The van der Waals surface area contributed by atoms with Gasteiger partial charge in [0, 0.05) is 18.3 Å². The Morgan fingerprint density at radius 1 is 1.29 bits per heavy atom. The summed E-state index contributed by atoms with van der Waals surface area (Å²) < 4.78 is 0. The Morgan fingerprint density at radius 3 is 2.43 bits per heavy atom. The lowest BCUT2D eigenvalue weighted by Crippen LogP contribution is -2.46. The number of H-pyrrole nitrogens is 1. The van der Waals surface area contributed by atoms with Crippen molar-refractivity contribution in [3.8, 4) is 5.75 Å². The van der Waals surface area contributed by atoms with Crippen LogP contribution in [0.25, 0.3) is 0 Å². The number of amides is 1. The van der Waals surface area contributed by atoms with E-state index in [1.165, 1.54) is 12.3 Å². The van der Waals surface area contributed by atoms with E-state index < -0.39 is 17.1 Å². The number of carbonyl (C=O) groups excluding carboxylic acids is 1. The number of aromatic hydroxyl groups is 1. The highest BCUT2D eigenvalue weighted by atomic mass is 16.3. The van der Waals surface area contributed by atoms with Gasteiger partial charge in [-0.1, -0.05) is 27.7 Å². The maximum Gasteiger partial charge on any atom is 0.271 e. The van der Waals surface area contributed by atoms with Crippen LogP contribution in [0.3, 0.4) is 0 Å². The summed E-state index contributed by atoms with van der Waals surface area (Å²) >= 11 is 0. The van der Waals surface area contributed by atoms with Crippen molar-refractivity contribution in [3.05, 3.63) is 28.2 Å². The molecule has 21 heavy (non-hydrogen) atoms. The zero-order valence-corrected chi connectivity index (χ0v) is 13.1. The molecule has 1 fully saturated rings. The van der Waals surface area contributed by atoms with Gasteiger partial charge in [-0.3, -0.25) is 9.59 Å². The Kier molecular flexibility index (Phi) is 3.87. The molecule has 0 spiro atoms. The summed E-state index contributed by atoms with van der Waals surface area (Å²) in [5.41, 5.74) is -0.301. The fraction of sp³-hybridized carbons (Fsp3) is 0.625. The lowest BCUT2D eigenvalue weighted by Gasteiger charge is -2.45. The number of carbonyl (C=O) groups is 1. The van der Waals surface area contributed by atoms with E-state index in [4.69, 9.17) is 0 Å². The first-order chi connectivity index (χ1) is 9.60. The third-order valence-corrected chi connectivity index (χ3v) is 4.05. The number of rotatable bonds is 2. The van der Waals surface area contributed by atoms with Crippen molar-refractivity contribution >= 4 is 5.91 Å². The predicted octanol–water partition coefficient (Wildman–Crippen LogP) is 2.42. The molecule has 2 rings (SSSR count). The van der Waals surface area contributed by atoms with Crippen molar-refractivity contribution in [2.75, 3.05) is 0 Å². The van der Waals surface area contributed by atoms with Crippen molar-refractivity contribution in [1.29, 1.82) is 0 Å². The molecule has 1 aromatic heterocycles. The molecular formula is C16H24N2O3. The third kappa shape index (κ3) is 3.65. The summed E-state index contributed by atoms with van der Waals surface area (Å²) in [6.45, 7) is 8.81. The highest BCUT2D eigenvalue weighted by Crippen LogP contribution is 2.45. The second kappa shape index (κ2) is 5.20. The summed E-state index contributed by atoms with van der Waals surface area (Å²) in [6, 6.07) is 1.23. The third-order valence-electron chi connectivity index (χ3n) is 4.05. The molecule has 5 heteroatoms. The van der Waals surface area contributed by atoms with Gasteiger partial charge in [-0.2, -0.15) is 0 Å². The molecule has 0 saturated heterocycles. The van der Waals surface area contributed by atoms with Crippen LogP contribution in [0, 0.1) is 10.8 Å². The fourth-order valence-corrected chi connectivity index (χ4v) is 3.85. The lowest BCUT2D eigenvalue weighted by atomic mass is 9.63. The molecule has 0 atom stereocenters. The molecule has 0 radical (unpaired) electrons. The van der Waals surface area contributed by atoms with Crippen LogP contribution in [-0.2, 0) is 0 Å². The molecule has 116 valence electrons. The molecule has 0 aromatic carbocycles. The molecule has 0 aliphatic heterocycles. The van der Waals surface area contributed by atoms with Crippen molar-refractivity contribution in [2.24, 2.45) is 10.8 Å². The molecular weight excluding hydrogens is 268 g/mol. The minimum atomic E-state index is -0.553. The van der Waals surface area contributed by atoms with Gasteiger partial charge in [0.15, 0.2) is 11.4 Å². The first kappa shape index (κ1) is 15.6. The topological polar surface area (TPSA) is 82.2 Å². The van der Waals surface area contributed by atoms with Gasteiger partial charge in [0.2, 0.25) is 5.43 Å². The smallest absolute Gasteiger partial charge is 0.271 e. The van der Waals surface area contributed by atoms with Gasteiger partial charge in [0.25, 0.3) is 5.91 Å². The monoisotopic (exact) mass is 292 g/mol. The Balaban J connectivity index is 2.16. The van der Waals surface area contributed by atoms with Gasteiger partial charge in [0.1, 0.15) is 0 Å². The van der Waals surface area contributed by atoms with Gasteiger partial charge < -0.3 is 15.4 Å². The SMILES string of the molecule is CC1(C)CC(NC(=O)c2[nH]ccc(=O)c2O)CC(C)(C)C1. The number of aromatic nitrogens is 1. The van der Waals surface area contributed by atoms with E-state index >= 15 is 0 Å². The molecule has 1 aliphatic carbocycles. The molecule has 1 aromatic rings. The lowest BCUT2D eigenvalue weighted by molar-refractivity contribution is 0.0709. The van der Waals surface area contributed by atoms with Crippen LogP contribution in [0.5, 0.6) is 5.75 Å². The number of pyridine rings is 1. The summed E-state index contributed by atoms with van der Waals surface area (Å²) in [5.74, 6) is -0.951. The minimum Gasteiger partial charge on any atom is -0.503 e. The Labute approximate surface area is 124 Å². The van der Waals surface area contributed by atoms with Gasteiger partial charge in [-0.15, -0.1) is 0 Å². The second-order valence-corrected chi connectivity index (χ2v) is 7.65. The molecule has 1 saturated carbocycles. The Bertz CT molecular complexity index is 586. The van der Waals surface area contributed by atoms with Crippen LogP contribution >= 0.6 is 0 Å². The molecule has 0 unspecified atom stereocenters. The molecule has 1 amide bonds. The van der Waals surface area contributed by atoms with E-state index in [1.807, 2.05) is 0 Å². The van der Waals surface area contributed by atoms with E-state index in [2.05, 4.69) is 38.0 Å². The summed E-state index contributed by atoms with van der Waals surface area (Å²) in [5, 5.41) is 12.6. The van der Waals surface area contributed by atoms with Crippen LogP contribution < -0.4 is 10.7 Å². The Morgan fingerprint density at radius 2 is 1.86 bits per heavy atom. The maximum atomic E-state index is 12.3. The molecule has 1 aliphatic rings. The van der Waals surface area contributed by atoms with E-state index in [9.17, 15) is 14.7 Å². The predicted molar refractivity (Wildman–Crippen MR) is 81.4 cm³/mol. The van der Waals surface area contributed by atoms with Crippen molar-refractivity contribution < 1.29 is 9.90 Å². The summed E-state index contributed by atoms with van der Waals surface area (Å²) in [7, 11) is 0. The zero-order chi connectivity index (χ0) is 15.8. The number of hydrogen-bond donors (Lipinski definition) is 3. The van der Waals surface area contributed by atoms with E-state index in [-0.39, 0.29) is 22.6 Å². The largest absolute Gasteiger partial charge is 0.503 e. The average Bonchev–Trinajstić information content (AvgIpc) is 2.28. The van der Waals surface area contributed by atoms with E-state index in [1.54, 1.807) is 0 Å². The second-order valence-electron chi connectivity index (χ2n) is 7.65. The van der Waals surface area contributed by atoms with Crippen molar-refractivity contribution in [1.82, 2.24) is 10.3 Å². The highest BCUT2D eigenvalue weighted by molar-refractivity contribution is 5.94. The van der Waals surface area contributed by atoms with Gasteiger partial charge in [-0.05, 0) is 30.1 Å². The van der Waals surface area contributed by atoms with Crippen LogP contribution in [-0.4, -0.2) is 22.0 Å². The van der Waals surface area contributed by atoms with Crippen molar-refractivity contribution in [2.45, 2.75) is 53.0 Å². The van der Waals surface area contributed by atoms with Gasteiger partial charge in [-0.25, -0.2) is 0 Å². The average molecular weight is 292 g/mol. The number of hydrogen-bond acceptors (Lipinski definition) is 3. The molecule has 0 bridgehead atoms. The Hall–Kier alpha value is -1.78. The molecule has 1 heterocycles. The highest BCUT2D eigenvalue weighted by Gasteiger charge is 2.39. The zero-order valence-electron chi connectivity index (χ0n) is 13.1. The summed E-state index contributed by atoms with van der Waals surface area (Å²) in [6.07, 6.45) is 4.26. The first-order valence-electron chi connectivity index (χ1n) is 7.31. The fourth-order valence-electron chi connectivity index (χ4n) is 3.85. The van der Waals surface area contributed by atoms with Crippen LogP contribution in [0.15, 0.2) is 17.1 Å². The van der Waals surface area contributed by atoms with Gasteiger partial charge >= 0.3 is 0 Å². The van der Waals surface area contributed by atoms with Crippen LogP contribution in [0.2, 0.25) is 0 Å². The normalized spacial score (nSPS) is 21.0. The molecule has 3 N–H and O–H groups in total. The van der Waals surface area contributed by atoms with Crippen LogP contribution in [0.1, 0.15) is 57.4 Å². The maximum absolute atomic E-state index is 12.3. The quantitative estimate of drug-likeness (QED) is 0.783. The van der Waals surface area contributed by atoms with Gasteiger partial charge in [0.05, 0.1) is 0 Å². The number of aromatic amines is 1. The van der Waals surface area contributed by atoms with Crippen LogP contribution in [0.4, 0.5) is 0 Å². The number of nitrogens with one attached hydrogen (secondary N) is 2. The molecule has 5 nitrogen and oxygen atoms in total. The van der Waals surface area contributed by atoms with Crippen molar-refractivity contribution in [3.63, 3.8) is 0 Å². The first-order valence-corrected chi connectivity index (χ1v) is 7.31. The minimum absolute atomic E-state index is 0.0411.